The van der Waals surface area contributed by atoms with E-state index in [1.54, 1.807) is 7.11 Å². The average Bonchev–Trinajstić information content (AvgIpc) is 2.70. The molecule has 2 unspecified atom stereocenters. The van der Waals surface area contributed by atoms with Crippen LogP contribution in [-0.4, -0.2) is 25.3 Å². The minimum atomic E-state index is -0.00845. The molecule has 1 saturated carbocycles. The van der Waals surface area contributed by atoms with Crippen LogP contribution in [0.15, 0.2) is 0 Å². The molecular formula is C13H27NO. The fourth-order valence-corrected chi connectivity index (χ4v) is 2.16. The molecule has 1 aliphatic carbocycles. The van der Waals surface area contributed by atoms with Gasteiger partial charge in [0.15, 0.2) is 0 Å². The average molecular weight is 213 g/mol. The molecule has 1 aliphatic rings. The van der Waals surface area contributed by atoms with Gasteiger partial charge in [-0.05, 0) is 51.5 Å². The number of ether oxygens (including phenoxy) is 1. The van der Waals surface area contributed by atoms with Gasteiger partial charge in [0, 0.05) is 13.2 Å². The van der Waals surface area contributed by atoms with Crippen molar-refractivity contribution in [3.05, 3.63) is 0 Å². The summed E-state index contributed by atoms with van der Waals surface area (Å²) in [7, 11) is 1.79. The van der Waals surface area contributed by atoms with Crippen LogP contribution in [0.4, 0.5) is 0 Å². The zero-order valence-electron chi connectivity index (χ0n) is 11.2. The van der Waals surface area contributed by atoms with Crippen molar-refractivity contribution in [3.63, 3.8) is 0 Å². The van der Waals surface area contributed by atoms with Crippen molar-refractivity contribution in [2.24, 2.45) is 11.3 Å². The van der Waals surface area contributed by atoms with Crippen LogP contribution >= 0.6 is 0 Å². The molecular weight excluding hydrogens is 186 g/mol. The van der Waals surface area contributed by atoms with Gasteiger partial charge in [-0.3, -0.25) is 0 Å². The van der Waals surface area contributed by atoms with E-state index in [2.05, 4.69) is 39.9 Å². The van der Waals surface area contributed by atoms with E-state index in [9.17, 15) is 0 Å². The Morgan fingerprint density at radius 2 is 2.00 bits per heavy atom. The van der Waals surface area contributed by atoms with E-state index >= 15 is 0 Å². The van der Waals surface area contributed by atoms with Gasteiger partial charge >= 0.3 is 0 Å². The van der Waals surface area contributed by atoms with E-state index in [1.165, 1.54) is 6.42 Å². The third-order valence-corrected chi connectivity index (χ3v) is 3.78. The second-order valence-electron chi connectivity index (χ2n) is 6.37. The third-order valence-electron chi connectivity index (χ3n) is 3.78. The summed E-state index contributed by atoms with van der Waals surface area (Å²) in [6.45, 7) is 12.4. The lowest BCUT2D eigenvalue weighted by molar-refractivity contribution is 0.00848. The molecule has 0 heterocycles. The first-order valence-corrected chi connectivity index (χ1v) is 6.05. The zero-order chi connectivity index (χ0) is 11.7. The number of nitrogens with one attached hydrogen (secondary N) is 1. The van der Waals surface area contributed by atoms with E-state index in [0.29, 0.717) is 11.5 Å². The summed E-state index contributed by atoms with van der Waals surface area (Å²) in [6, 6.07) is 0.538. The fraction of sp³-hybridized carbons (Fsp3) is 1.00. The van der Waals surface area contributed by atoms with Crippen LogP contribution in [0.3, 0.4) is 0 Å². The summed E-state index contributed by atoms with van der Waals surface area (Å²) < 4.78 is 5.43. The quantitative estimate of drug-likeness (QED) is 0.732. The highest BCUT2D eigenvalue weighted by Crippen LogP contribution is 2.51. The lowest BCUT2D eigenvalue weighted by Crippen LogP contribution is -2.36. The molecule has 0 amide bonds. The van der Waals surface area contributed by atoms with Crippen molar-refractivity contribution in [2.45, 2.75) is 59.1 Å². The number of hydrogen-bond acceptors (Lipinski definition) is 2. The lowest BCUT2D eigenvalue weighted by Gasteiger charge is -2.27. The molecule has 2 heteroatoms. The minimum absolute atomic E-state index is 0.00845. The highest BCUT2D eigenvalue weighted by atomic mass is 16.5. The standard InChI is InChI=1S/C13H27NO/c1-10(7-13(4,5)15-6)14-9-11-8-12(11,2)3/h10-11,14H,7-9H2,1-6H3. The Morgan fingerprint density at radius 3 is 2.40 bits per heavy atom. The first-order chi connectivity index (χ1) is 6.77. The largest absolute Gasteiger partial charge is 0.379 e. The van der Waals surface area contributed by atoms with E-state index in [-0.39, 0.29) is 5.60 Å². The highest BCUT2D eigenvalue weighted by molar-refractivity contribution is 4.96. The maximum absolute atomic E-state index is 5.43. The smallest absolute Gasteiger partial charge is 0.0637 e. The molecule has 0 aromatic carbocycles. The van der Waals surface area contributed by atoms with Crippen molar-refractivity contribution in [2.75, 3.05) is 13.7 Å². The molecule has 1 N–H and O–H groups in total. The molecule has 2 nitrogen and oxygen atoms in total. The summed E-state index contributed by atoms with van der Waals surface area (Å²) in [5.41, 5.74) is 0.578. The second-order valence-corrected chi connectivity index (χ2v) is 6.37. The summed E-state index contributed by atoms with van der Waals surface area (Å²) in [4.78, 5) is 0. The Morgan fingerprint density at radius 1 is 1.47 bits per heavy atom. The first-order valence-electron chi connectivity index (χ1n) is 6.05. The maximum Gasteiger partial charge on any atom is 0.0637 e. The Kier molecular flexibility index (Phi) is 3.83. The van der Waals surface area contributed by atoms with Crippen LogP contribution in [0, 0.1) is 11.3 Å². The van der Waals surface area contributed by atoms with Gasteiger partial charge in [-0.1, -0.05) is 13.8 Å². The van der Waals surface area contributed by atoms with Crippen LogP contribution in [-0.2, 0) is 4.74 Å². The Balaban J connectivity index is 2.17. The van der Waals surface area contributed by atoms with Gasteiger partial charge in [0.05, 0.1) is 5.60 Å². The highest BCUT2D eigenvalue weighted by Gasteiger charge is 2.44. The minimum Gasteiger partial charge on any atom is -0.379 e. The second kappa shape index (κ2) is 4.42. The van der Waals surface area contributed by atoms with Gasteiger partial charge < -0.3 is 10.1 Å². The molecule has 0 aliphatic heterocycles. The summed E-state index contributed by atoms with van der Waals surface area (Å²) >= 11 is 0. The third kappa shape index (κ3) is 4.12. The van der Waals surface area contributed by atoms with Crippen molar-refractivity contribution >= 4 is 0 Å². The summed E-state index contributed by atoms with van der Waals surface area (Å²) in [6.07, 6.45) is 2.44. The predicted molar refractivity (Wildman–Crippen MR) is 65.1 cm³/mol. The predicted octanol–water partition coefficient (Wildman–Crippen LogP) is 2.83. The molecule has 0 radical (unpaired) electrons. The molecule has 2 atom stereocenters. The van der Waals surface area contributed by atoms with Crippen LogP contribution in [0.2, 0.25) is 0 Å². The SMILES string of the molecule is COC(C)(C)CC(C)NCC1CC1(C)C. The topological polar surface area (TPSA) is 21.3 Å². The van der Waals surface area contributed by atoms with Crippen molar-refractivity contribution in [1.82, 2.24) is 5.32 Å². The fourth-order valence-electron chi connectivity index (χ4n) is 2.16. The van der Waals surface area contributed by atoms with E-state index in [0.717, 1.165) is 18.9 Å². The van der Waals surface area contributed by atoms with E-state index in [1.807, 2.05) is 0 Å². The first kappa shape index (κ1) is 13.0. The van der Waals surface area contributed by atoms with E-state index < -0.39 is 0 Å². The Hall–Kier alpha value is -0.0800. The lowest BCUT2D eigenvalue weighted by atomic mass is 9.99. The summed E-state index contributed by atoms with van der Waals surface area (Å²) in [5, 5.41) is 3.61. The van der Waals surface area contributed by atoms with Crippen LogP contribution in [0.1, 0.15) is 47.5 Å². The zero-order valence-corrected chi connectivity index (χ0v) is 11.2. The van der Waals surface area contributed by atoms with Gasteiger partial charge in [0.2, 0.25) is 0 Å². The van der Waals surface area contributed by atoms with Gasteiger partial charge in [0.1, 0.15) is 0 Å². The van der Waals surface area contributed by atoms with Crippen molar-refractivity contribution in [3.8, 4) is 0 Å². The number of rotatable bonds is 6. The van der Waals surface area contributed by atoms with Crippen LogP contribution < -0.4 is 5.32 Å². The molecule has 90 valence electrons. The normalized spacial score (nSPS) is 26.4. The molecule has 0 aromatic rings. The number of methoxy groups -OCH3 is 1. The molecule has 1 fully saturated rings. The van der Waals surface area contributed by atoms with Crippen molar-refractivity contribution < 1.29 is 4.74 Å². The monoisotopic (exact) mass is 213 g/mol. The van der Waals surface area contributed by atoms with Crippen LogP contribution in [0.5, 0.6) is 0 Å². The van der Waals surface area contributed by atoms with Crippen molar-refractivity contribution in [1.29, 1.82) is 0 Å². The summed E-state index contributed by atoms with van der Waals surface area (Å²) in [5.74, 6) is 0.880. The van der Waals surface area contributed by atoms with Gasteiger partial charge in [0.25, 0.3) is 0 Å². The maximum atomic E-state index is 5.43. The van der Waals surface area contributed by atoms with Gasteiger partial charge in [-0.25, -0.2) is 0 Å². The Bertz CT molecular complexity index is 211. The van der Waals surface area contributed by atoms with E-state index in [4.69, 9.17) is 4.74 Å². The van der Waals surface area contributed by atoms with Crippen LogP contribution in [0.25, 0.3) is 0 Å². The molecule has 0 bridgehead atoms. The molecule has 0 saturated heterocycles. The molecule has 0 spiro atoms. The molecule has 1 rings (SSSR count). The number of hydrogen-bond donors (Lipinski definition) is 1. The Labute approximate surface area is 94.8 Å². The molecule has 15 heavy (non-hydrogen) atoms. The van der Waals surface area contributed by atoms with Gasteiger partial charge in [-0.15, -0.1) is 0 Å². The molecule has 0 aromatic heterocycles. The van der Waals surface area contributed by atoms with Gasteiger partial charge in [-0.2, -0.15) is 0 Å².